The first-order valence-electron chi connectivity index (χ1n) is 3.87. The zero-order valence-corrected chi connectivity index (χ0v) is 9.41. The summed E-state index contributed by atoms with van der Waals surface area (Å²) in [5.41, 5.74) is 0.813. The molecule has 1 nitrogen and oxygen atoms in total. The van der Waals surface area contributed by atoms with Crippen LogP contribution in [0.3, 0.4) is 0 Å². The molecule has 0 aliphatic carbocycles. The van der Waals surface area contributed by atoms with E-state index in [0.29, 0.717) is 0 Å². The van der Waals surface area contributed by atoms with Crippen molar-refractivity contribution >= 4 is 43.1 Å². The molecule has 13 heavy (non-hydrogen) atoms. The van der Waals surface area contributed by atoms with Crippen molar-refractivity contribution in [1.82, 2.24) is 0 Å². The van der Waals surface area contributed by atoms with Gasteiger partial charge in [0.15, 0.2) is 5.78 Å². The van der Waals surface area contributed by atoms with Gasteiger partial charge < -0.3 is 0 Å². The third-order valence-corrected chi connectivity index (χ3v) is 3.58. The first-order chi connectivity index (χ1) is 6.18. The van der Waals surface area contributed by atoms with Crippen molar-refractivity contribution in [3.05, 3.63) is 33.6 Å². The smallest absolute Gasteiger partial charge is 0.161 e. The van der Waals surface area contributed by atoms with Crippen LogP contribution >= 0.6 is 27.3 Å². The zero-order chi connectivity index (χ0) is 9.42. The van der Waals surface area contributed by atoms with Crippen LogP contribution in [0.5, 0.6) is 0 Å². The van der Waals surface area contributed by atoms with Crippen molar-refractivity contribution in [2.24, 2.45) is 0 Å². The van der Waals surface area contributed by atoms with E-state index in [1.807, 2.05) is 24.3 Å². The Balaban J connectivity index is 2.82. The fourth-order valence-corrected chi connectivity index (χ4v) is 2.99. The molecule has 0 bridgehead atoms. The van der Waals surface area contributed by atoms with Gasteiger partial charge >= 0.3 is 0 Å². The number of thiophene rings is 1. The number of Topliss-reactive ketones (excluding diaryl/α,β-unsaturated/α-hetero) is 1. The monoisotopic (exact) mass is 254 g/mol. The lowest BCUT2D eigenvalue weighted by molar-refractivity contribution is 0.101. The van der Waals surface area contributed by atoms with Crippen molar-refractivity contribution in [2.75, 3.05) is 0 Å². The summed E-state index contributed by atoms with van der Waals surface area (Å²) >= 11 is 5.02. The minimum absolute atomic E-state index is 0.125. The molecular weight excluding hydrogens is 248 g/mol. The molecule has 1 heterocycles. The van der Waals surface area contributed by atoms with Gasteiger partial charge in [-0.3, -0.25) is 4.79 Å². The molecule has 0 fully saturated rings. The lowest BCUT2D eigenvalue weighted by atomic mass is 10.1. The summed E-state index contributed by atoms with van der Waals surface area (Å²) in [4.78, 5) is 11.3. The standard InChI is InChI=1S/C10H7BrOS/c1-6(12)8-4-2-3-7-5-9(11)13-10(7)8/h2-5H,1H3. The van der Waals surface area contributed by atoms with Crippen molar-refractivity contribution in [3.8, 4) is 0 Å². The Morgan fingerprint density at radius 1 is 1.46 bits per heavy atom. The van der Waals surface area contributed by atoms with E-state index >= 15 is 0 Å². The SMILES string of the molecule is CC(=O)c1cccc2cc(Br)sc12. The molecule has 0 saturated heterocycles. The Bertz CT molecular complexity index is 473. The second kappa shape index (κ2) is 3.24. The van der Waals surface area contributed by atoms with Crippen molar-refractivity contribution in [1.29, 1.82) is 0 Å². The van der Waals surface area contributed by atoms with Crippen LogP contribution in [0.1, 0.15) is 17.3 Å². The van der Waals surface area contributed by atoms with Crippen LogP contribution in [0, 0.1) is 0 Å². The molecular formula is C10H7BrOS. The van der Waals surface area contributed by atoms with Crippen molar-refractivity contribution in [3.63, 3.8) is 0 Å². The number of hydrogen-bond acceptors (Lipinski definition) is 2. The molecule has 3 heteroatoms. The van der Waals surface area contributed by atoms with Crippen LogP contribution in [0.15, 0.2) is 28.1 Å². The van der Waals surface area contributed by atoms with Gasteiger partial charge in [0.1, 0.15) is 0 Å². The first-order valence-corrected chi connectivity index (χ1v) is 5.48. The molecule has 0 aliphatic rings. The molecule has 2 aromatic rings. The predicted octanol–water partition coefficient (Wildman–Crippen LogP) is 3.87. The lowest BCUT2D eigenvalue weighted by Crippen LogP contribution is -1.90. The average molecular weight is 255 g/mol. The van der Waals surface area contributed by atoms with Crippen LogP contribution in [-0.2, 0) is 0 Å². The minimum Gasteiger partial charge on any atom is -0.294 e. The molecule has 0 aliphatic heterocycles. The van der Waals surface area contributed by atoms with E-state index in [0.717, 1.165) is 19.4 Å². The second-order valence-electron chi connectivity index (χ2n) is 2.83. The Labute approximate surface area is 88.5 Å². The summed E-state index contributed by atoms with van der Waals surface area (Å²) in [6, 6.07) is 7.83. The van der Waals surface area contributed by atoms with Crippen LogP contribution in [0.4, 0.5) is 0 Å². The number of rotatable bonds is 1. The molecule has 0 unspecified atom stereocenters. The number of ketones is 1. The first kappa shape index (κ1) is 8.91. The van der Waals surface area contributed by atoms with E-state index in [-0.39, 0.29) is 5.78 Å². The maximum absolute atomic E-state index is 11.3. The topological polar surface area (TPSA) is 17.1 Å². The van der Waals surface area contributed by atoms with E-state index in [1.165, 1.54) is 0 Å². The van der Waals surface area contributed by atoms with Gasteiger partial charge in [-0.2, -0.15) is 0 Å². The minimum atomic E-state index is 0.125. The number of hydrogen-bond donors (Lipinski definition) is 0. The maximum Gasteiger partial charge on any atom is 0.161 e. The van der Waals surface area contributed by atoms with Crippen molar-refractivity contribution in [2.45, 2.75) is 6.92 Å². The number of halogens is 1. The summed E-state index contributed by atoms with van der Waals surface area (Å²) in [7, 11) is 0. The molecule has 66 valence electrons. The van der Waals surface area contributed by atoms with E-state index < -0.39 is 0 Å². The summed E-state index contributed by atoms with van der Waals surface area (Å²) in [5, 5.41) is 1.13. The van der Waals surface area contributed by atoms with Crippen LogP contribution < -0.4 is 0 Å². The van der Waals surface area contributed by atoms with Crippen LogP contribution in [0.2, 0.25) is 0 Å². The van der Waals surface area contributed by atoms with Crippen LogP contribution in [-0.4, -0.2) is 5.78 Å². The predicted molar refractivity (Wildman–Crippen MR) is 59.5 cm³/mol. The van der Waals surface area contributed by atoms with E-state index in [4.69, 9.17) is 0 Å². The molecule has 0 atom stereocenters. The van der Waals surface area contributed by atoms with Crippen molar-refractivity contribution < 1.29 is 4.79 Å². The number of carbonyl (C=O) groups is 1. The number of carbonyl (C=O) groups excluding carboxylic acids is 1. The highest BCUT2D eigenvalue weighted by molar-refractivity contribution is 9.11. The van der Waals surface area contributed by atoms with Gasteiger partial charge in [-0.15, -0.1) is 11.3 Å². The normalized spacial score (nSPS) is 10.6. The molecule has 2 rings (SSSR count). The molecule has 1 aromatic heterocycles. The molecule has 1 aromatic carbocycles. The average Bonchev–Trinajstić information content (AvgIpc) is 2.43. The lowest BCUT2D eigenvalue weighted by Gasteiger charge is -1.95. The summed E-state index contributed by atoms with van der Waals surface area (Å²) in [6.07, 6.45) is 0. The third-order valence-electron chi connectivity index (χ3n) is 1.89. The van der Waals surface area contributed by atoms with Crippen LogP contribution in [0.25, 0.3) is 10.1 Å². The molecule has 0 saturated carbocycles. The molecule has 0 spiro atoms. The largest absolute Gasteiger partial charge is 0.294 e. The fourth-order valence-electron chi connectivity index (χ4n) is 1.31. The maximum atomic E-state index is 11.3. The number of fused-ring (bicyclic) bond motifs is 1. The van der Waals surface area contributed by atoms with Gasteiger partial charge in [-0.05, 0) is 40.4 Å². The molecule has 0 radical (unpaired) electrons. The van der Waals surface area contributed by atoms with Gasteiger partial charge in [0.25, 0.3) is 0 Å². The Morgan fingerprint density at radius 2 is 2.23 bits per heavy atom. The highest BCUT2D eigenvalue weighted by atomic mass is 79.9. The second-order valence-corrected chi connectivity index (χ2v) is 5.26. The highest BCUT2D eigenvalue weighted by Gasteiger charge is 2.07. The Morgan fingerprint density at radius 3 is 2.92 bits per heavy atom. The van der Waals surface area contributed by atoms with Gasteiger partial charge in [0.2, 0.25) is 0 Å². The molecule has 0 amide bonds. The highest BCUT2D eigenvalue weighted by Crippen LogP contribution is 2.32. The van der Waals surface area contributed by atoms with E-state index in [1.54, 1.807) is 18.3 Å². The van der Waals surface area contributed by atoms with Gasteiger partial charge in [0, 0.05) is 10.3 Å². The van der Waals surface area contributed by atoms with E-state index in [2.05, 4.69) is 15.9 Å². The van der Waals surface area contributed by atoms with Gasteiger partial charge in [-0.25, -0.2) is 0 Å². The fraction of sp³-hybridized carbons (Fsp3) is 0.100. The summed E-state index contributed by atoms with van der Waals surface area (Å²) in [5.74, 6) is 0.125. The Kier molecular flexibility index (Phi) is 2.22. The Hall–Kier alpha value is -0.670. The third kappa shape index (κ3) is 1.54. The molecule has 0 N–H and O–H groups in total. The zero-order valence-electron chi connectivity index (χ0n) is 7.00. The quantitative estimate of drug-likeness (QED) is 0.707. The summed E-state index contributed by atoms with van der Waals surface area (Å²) in [6.45, 7) is 1.60. The van der Waals surface area contributed by atoms with Gasteiger partial charge in [-0.1, -0.05) is 12.1 Å². The van der Waals surface area contributed by atoms with Gasteiger partial charge in [0.05, 0.1) is 3.79 Å². The van der Waals surface area contributed by atoms with E-state index in [9.17, 15) is 4.79 Å². The number of benzene rings is 1. The summed E-state index contributed by atoms with van der Waals surface area (Å²) < 4.78 is 2.14.